The fourth-order valence-corrected chi connectivity index (χ4v) is 0.729. The molecule has 0 aliphatic heterocycles. The highest BCUT2D eigenvalue weighted by Crippen LogP contribution is 2.17. The van der Waals surface area contributed by atoms with Crippen molar-refractivity contribution >= 4 is 17.4 Å². The molecule has 1 aromatic heterocycles. The second-order valence-corrected chi connectivity index (χ2v) is 2.18. The molecule has 1 aromatic rings. The van der Waals surface area contributed by atoms with Crippen LogP contribution >= 0.6 is 11.6 Å². The van der Waals surface area contributed by atoms with Crippen LogP contribution in [0.2, 0.25) is 5.02 Å². The highest BCUT2D eigenvalue weighted by molar-refractivity contribution is 6.30. The van der Waals surface area contributed by atoms with Crippen molar-refractivity contribution in [1.29, 1.82) is 0 Å². The first-order valence-corrected chi connectivity index (χ1v) is 3.11. The normalized spacial score (nSPS) is 11.7. The maximum atomic E-state index is 12.4. The molecule has 0 saturated carbocycles. The van der Waals surface area contributed by atoms with Gasteiger partial charge in [-0.1, -0.05) is 11.6 Å². The van der Waals surface area contributed by atoms with E-state index in [1.54, 1.807) is 0 Å². The molecule has 0 bridgehead atoms. The minimum Gasteiger partial charge on any atom is -0.252 e. The van der Waals surface area contributed by atoms with Gasteiger partial charge in [0.1, 0.15) is 12.5 Å². The molecule has 1 nitrogen and oxygen atoms in total. The lowest BCUT2D eigenvalue weighted by atomic mass is 10.3. The Morgan fingerprint density at radius 3 is 3.00 bits per heavy atom. The number of hydrogen-bond donors (Lipinski definition) is 0. The monoisotopic (exact) mass is 174 g/mol. The molecule has 0 N–H and O–H groups in total. The second kappa shape index (κ2) is 3.44. The summed E-state index contributed by atoms with van der Waals surface area (Å²) in [4.78, 5) is 3.45. The summed E-state index contributed by atoms with van der Waals surface area (Å²) >= 11 is 5.41. The van der Waals surface area contributed by atoms with Gasteiger partial charge in [0, 0.05) is 11.8 Å². The van der Waals surface area contributed by atoms with Crippen LogP contribution in [-0.4, -0.2) is 4.98 Å². The Morgan fingerprint density at radius 1 is 1.73 bits per heavy atom. The van der Waals surface area contributed by atoms with Crippen LogP contribution in [0.4, 0.5) is 8.78 Å². The zero-order valence-corrected chi connectivity index (χ0v) is 6.07. The van der Waals surface area contributed by atoms with Crippen LogP contribution in [0.3, 0.4) is 0 Å². The predicted molar refractivity (Wildman–Crippen MR) is 38.3 cm³/mol. The van der Waals surface area contributed by atoms with E-state index in [0.717, 1.165) is 6.20 Å². The lowest BCUT2D eigenvalue weighted by Gasteiger charge is -1.93. The third-order valence-corrected chi connectivity index (χ3v) is 1.22. The van der Waals surface area contributed by atoms with E-state index >= 15 is 0 Å². The zero-order chi connectivity index (χ0) is 8.27. The molecule has 11 heavy (non-hydrogen) atoms. The van der Waals surface area contributed by atoms with Crippen LogP contribution in [0.25, 0.3) is 5.83 Å². The van der Waals surface area contributed by atoms with Crippen molar-refractivity contribution in [2.24, 2.45) is 0 Å². The molecule has 0 atom stereocenters. The van der Waals surface area contributed by atoms with Crippen molar-refractivity contribution in [3.05, 3.63) is 35.4 Å². The van der Waals surface area contributed by atoms with Gasteiger partial charge in [0.15, 0.2) is 5.83 Å². The van der Waals surface area contributed by atoms with Gasteiger partial charge in [-0.25, -0.2) is 8.78 Å². The first kappa shape index (κ1) is 8.14. The van der Waals surface area contributed by atoms with Crippen molar-refractivity contribution in [2.45, 2.75) is 0 Å². The molecule has 57 valence electrons. The standard InChI is InChI=1S/C7H3ClF2N/c8-6-1-5(3-11-4-6)7(10)2-9/h1-3H/b7-2+. The first-order valence-electron chi connectivity index (χ1n) is 2.73. The molecule has 0 aliphatic rings. The van der Waals surface area contributed by atoms with Gasteiger partial charge in [-0.3, -0.25) is 4.98 Å². The lowest BCUT2D eigenvalue weighted by Crippen LogP contribution is -1.80. The summed E-state index contributed by atoms with van der Waals surface area (Å²) in [5, 5.41) is 0.152. The number of hydrogen-bond acceptors (Lipinski definition) is 1. The quantitative estimate of drug-likeness (QED) is 0.638. The van der Waals surface area contributed by atoms with Crippen LogP contribution in [0.15, 0.2) is 18.6 Å². The third-order valence-electron chi connectivity index (χ3n) is 1.03. The van der Waals surface area contributed by atoms with Gasteiger partial charge in [-0.05, 0) is 6.07 Å². The van der Waals surface area contributed by atoms with Gasteiger partial charge in [0.2, 0.25) is 0 Å². The van der Waals surface area contributed by atoms with Crippen molar-refractivity contribution in [1.82, 2.24) is 4.98 Å². The summed E-state index contributed by atoms with van der Waals surface area (Å²) in [7, 11) is 0. The van der Waals surface area contributed by atoms with E-state index < -0.39 is 5.83 Å². The molecule has 0 fully saturated rings. The van der Waals surface area contributed by atoms with Gasteiger partial charge in [-0.2, -0.15) is 0 Å². The minimum absolute atomic E-state index is 0.0104. The van der Waals surface area contributed by atoms with Crippen molar-refractivity contribution < 1.29 is 8.78 Å². The van der Waals surface area contributed by atoms with Gasteiger partial charge < -0.3 is 0 Å². The SMILES string of the molecule is F/C=C(/F)c1cn[c]c(Cl)c1. The largest absolute Gasteiger partial charge is 0.252 e. The smallest absolute Gasteiger partial charge is 0.160 e. The molecule has 0 aromatic carbocycles. The Bertz CT molecular complexity index is 286. The van der Waals surface area contributed by atoms with Crippen LogP contribution in [0, 0.1) is 6.20 Å². The first-order chi connectivity index (χ1) is 5.24. The Labute approximate surface area is 67.3 Å². The molecule has 0 saturated heterocycles. The summed E-state index contributed by atoms with van der Waals surface area (Å²) in [6, 6.07) is 1.24. The Hall–Kier alpha value is -0.960. The number of halogens is 3. The lowest BCUT2D eigenvalue weighted by molar-refractivity contribution is 0.671. The molecule has 1 radical (unpaired) electrons. The minimum atomic E-state index is -0.992. The number of aromatic nitrogens is 1. The molecule has 1 heterocycles. The summed E-state index contributed by atoms with van der Waals surface area (Å²) in [5.74, 6) is -0.992. The number of pyridine rings is 1. The van der Waals surface area contributed by atoms with Crippen molar-refractivity contribution in [3.63, 3.8) is 0 Å². The summed E-state index contributed by atoms with van der Waals surface area (Å²) in [5.41, 5.74) is 0.0104. The van der Waals surface area contributed by atoms with E-state index in [9.17, 15) is 8.78 Å². The van der Waals surface area contributed by atoms with E-state index in [1.807, 2.05) is 0 Å². The summed E-state index contributed by atoms with van der Waals surface area (Å²) in [6.45, 7) is 0. The topological polar surface area (TPSA) is 12.9 Å². The average Bonchev–Trinajstić information content (AvgIpc) is 2.03. The Balaban J connectivity index is 3.06. The van der Waals surface area contributed by atoms with E-state index in [-0.39, 0.29) is 16.9 Å². The number of rotatable bonds is 1. The Kier molecular flexibility index (Phi) is 2.54. The van der Waals surface area contributed by atoms with E-state index in [0.29, 0.717) is 0 Å². The van der Waals surface area contributed by atoms with Gasteiger partial charge in [-0.15, -0.1) is 0 Å². The fraction of sp³-hybridized carbons (Fsp3) is 0. The summed E-state index contributed by atoms with van der Waals surface area (Å²) < 4.78 is 24.0. The highest BCUT2D eigenvalue weighted by Gasteiger charge is 2.00. The van der Waals surface area contributed by atoms with E-state index in [1.165, 1.54) is 6.07 Å². The Morgan fingerprint density at radius 2 is 2.45 bits per heavy atom. The van der Waals surface area contributed by atoms with Crippen LogP contribution in [0.1, 0.15) is 5.56 Å². The molecular formula is C7H3ClF2N. The second-order valence-electron chi connectivity index (χ2n) is 1.77. The molecule has 0 amide bonds. The number of nitrogens with zero attached hydrogens (tertiary/aromatic N) is 1. The van der Waals surface area contributed by atoms with E-state index in [4.69, 9.17) is 11.6 Å². The predicted octanol–water partition coefficient (Wildman–Crippen LogP) is 2.77. The van der Waals surface area contributed by atoms with Gasteiger partial charge >= 0.3 is 0 Å². The molecule has 0 unspecified atom stereocenters. The van der Waals surface area contributed by atoms with E-state index in [2.05, 4.69) is 11.2 Å². The zero-order valence-electron chi connectivity index (χ0n) is 5.31. The molecule has 1 rings (SSSR count). The molecule has 4 heteroatoms. The van der Waals surface area contributed by atoms with Crippen molar-refractivity contribution in [2.75, 3.05) is 0 Å². The maximum Gasteiger partial charge on any atom is 0.160 e. The molecular weight excluding hydrogens is 172 g/mol. The average molecular weight is 175 g/mol. The molecule has 0 spiro atoms. The van der Waals surface area contributed by atoms with Crippen LogP contribution in [-0.2, 0) is 0 Å². The highest BCUT2D eigenvalue weighted by atomic mass is 35.5. The molecule has 0 aliphatic carbocycles. The van der Waals surface area contributed by atoms with Crippen LogP contribution in [0.5, 0.6) is 0 Å². The van der Waals surface area contributed by atoms with Crippen molar-refractivity contribution in [3.8, 4) is 0 Å². The van der Waals surface area contributed by atoms with Gasteiger partial charge in [0.25, 0.3) is 0 Å². The maximum absolute atomic E-state index is 12.4. The summed E-state index contributed by atoms with van der Waals surface area (Å²) in [6.07, 6.45) is 3.34. The van der Waals surface area contributed by atoms with Crippen LogP contribution < -0.4 is 0 Å². The van der Waals surface area contributed by atoms with Gasteiger partial charge in [0.05, 0.1) is 5.02 Å². The fourth-order valence-electron chi connectivity index (χ4n) is 0.563. The third kappa shape index (κ3) is 1.98.